The number of halogens is 3. The smallest absolute Gasteiger partial charge is 0.254 e. The van der Waals surface area contributed by atoms with Crippen molar-refractivity contribution in [2.45, 2.75) is 13.0 Å². The minimum Gasteiger partial charge on any atom is -0.488 e. The first-order valence-corrected chi connectivity index (χ1v) is 10.7. The molecule has 6 nitrogen and oxygen atoms in total. The van der Waals surface area contributed by atoms with Crippen LogP contribution in [0.15, 0.2) is 71.8 Å². The molecule has 0 aliphatic carbocycles. The third kappa shape index (κ3) is 7.30. The van der Waals surface area contributed by atoms with Gasteiger partial charge in [-0.2, -0.15) is 5.10 Å². The Morgan fingerprint density at radius 1 is 1.00 bits per heavy atom. The second kappa shape index (κ2) is 12.0. The summed E-state index contributed by atoms with van der Waals surface area (Å²) in [5.41, 5.74) is 3.82. The Balaban J connectivity index is 1.47. The highest BCUT2D eigenvalue weighted by Gasteiger charge is 2.10. The van der Waals surface area contributed by atoms with Crippen LogP contribution in [0, 0.1) is 5.82 Å². The lowest BCUT2D eigenvalue weighted by Crippen LogP contribution is -2.29. The van der Waals surface area contributed by atoms with Crippen molar-refractivity contribution in [2.75, 3.05) is 6.54 Å². The first-order chi connectivity index (χ1) is 15.9. The van der Waals surface area contributed by atoms with E-state index in [-0.39, 0.29) is 25.1 Å². The summed E-state index contributed by atoms with van der Waals surface area (Å²) in [5.74, 6) is -1.05. The van der Waals surface area contributed by atoms with Gasteiger partial charge in [-0.3, -0.25) is 9.59 Å². The topological polar surface area (TPSA) is 79.8 Å². The van der Waals surface area contributed by atoms with Crippen molar-refractivity contribution < 1.29 is 18.7 Å². The molecule has 3 aromatic carbocycles. The van der Waals surface area contributed by atoms with Crippen LogP contribution in [0.1, 0.15) is 27.9 Å². The zero-order valence-electron chi connectivity index (χ0n) is 17.4. The highest BCUT2D eigenvalue weighted by molar-refractivity contribution is 6.42. The molecule has 9 heteroatoms. The van der Waals surface area contributed by atoms with E-state index >= 15 is 0 Å². The minimum atomic E-state index is -0.621. The maximum atomic E-state index is 13.6. The normalized spacial score (nSPS) is 10.8. The van der Waals surface area contributed by atoms with Crippen LogP contribution < -0.4 is 15.5 Å². The zero-order chi connectivity index (χ0) is 23.6. The van der Waals surface area contributed by atoms with Crippen molar-refractivity contribution in [3.05, 3.63) is 99.3 Å². The van der Waals surface area contributed by atoms with Gasteiger partial charge in [-0.1, -0.05) is 53.5 Å². The largest absolute Gasteiger partial charge is 0.488 e. The quantitative estimate of drug-likeness (QED) is 0.329. The Labute approximate surface area is 200 Å². The second-order valence-electron chi connectivity index (χ2n) is 6.85. The number of para-hydroxylation sites is 1. The maximum absolute atomic E-state index is 13.6. The van der Waals surface area contributed by atoms with E-state index in [9.17, 15) is 14.0 Å². The van der Waals surface area contributed by atoms with E-state index in [0.29, 0.717) is 21.4 Å². The van der Waals surface area contributed by atoms with Gasteiger partial charge in [0.05, 0.1) is 21.8 Å². The van der Waals surface area contributed by atoms with Crippen LogP contribution in [0.25, 0.3) is 0 Å². The van der Waals surface area contributed by atoms with Gasteiger partial charge < -0.3 is 10.1 Å². The van der Waals surface area contributed by atoms with Crippen molar-refractivity contribution in [2.24, 2.45) is 5.10 Å². The third-order valence-electron chi connectivity index (χ3n) is 4.45. The molecule has 0 spiro atoms. The Hall–Kier alpha value is -3.42. The lowest BCUT2D eigenvalue weighted by Gasteiger charge is -2.09. The fraction of sp³-hybridized carbons (Fsp3) is 0.125. The maximum Gasteiger partial charge on any atom is 0.254 e. The Kier molecular flexibility index (Phi) is 8.80. The second-order valence-corrected chi connectivity index (χ2v) is 7.67. The van der Waals surface area contributed by atoms with Gasteiger partial charge in [0.1, 0.15) is 18.2 Å². The summed E-state index contributed by atoms with van der Waals surface area (Å²) in [7, 11) is 0. The third-order valence-corrected chi connectivity index (χ3v) is 5.19. The standard InChI is InChI=1S/C24H20Cl2FN3O3/c25-19-10-9-16(13-20(19)26)15-33-22-8-4-1-5-17(22)14-29-30-23(31)11-12-28-24(32)18-6-2-3-7-21(18)27/h1-10,13-14H,11-12,15H2,(H,28,32)(H,30,31). The Morgan fingerprint density at radius 3 is 2.55 bits per heavy atom. The van der Waals surface area contributed by atoms with E-state index < -0.39 is 17.6 Å². The molecule has 33 heavy (non-hydrogen) atoms. The number of nitrogens with one attached hydrogen (secondary N) is 2. The number of hydrogen-bond acceptors (Lipinski definition) is 4. The molecule has 0 aliphatic heterocycles. The Bertz CT molecular complexity index is 1170. The van der Waals surface area contributed by atoms with Gasteiger partial charge in [-0.05, 0) is 42.0 Å². The summed E-state index contributed by atoms with van der Waals surface area (Å²) in [6.07, 6.45) is 1.44. The minimum absolute atomic E-state index is 0.0208. The highest BCUT2D eigenvalue weighted by atomic mass is 35.5. The predicted octanol–water partition coefficient (Wildman–Crippen LogP) is 4.98. The predicted molar refractivity (Wildman–Crippen MR) is 126 cm³/mol. The van der Waals surface area contributed by atoms with Crippen LogP contribution in [0.4, 0.5) is 4.39 Å². The fourth-order valence-electron chi connectivity index (χ4n) is 2.77. The average molecular weight is 488 g/mol. The number of rotatable bonds is 9. The molecule has 0 saturated heterocycles. The molecule has 3 rings (SSSR count). The summed E-state index contributed by atoms with van der Waals surface area (Å²) in [4.78, 5) is 23.9. The number of carbonyl (C=O) groups excluding carboxylic acids is 2. The van der Waals surface area contributed by atoms with Crippen molar-refractivity contribution in [3.8, 4) is 5.75 Å². The van der Waals surface area contributed by atoms with Crippen molar-refractivity contribution in [1.82, 2.24) is 10.7 Å². The molecule has 0 unspecified atom stereocenters. The summed E-state index contributed by atoms with van der Waals surface area (Å²) < 4.78 is 19.4. The molecule has 0 aromatic heterocycles. The number of nitrogens with zero attached hydrogens (tertiary/aromatic N) is 1. The van der Waals surface area contributed by atoms with Gasteiger partial charge >= 0.3 is 0 Å². The number of hydrogen-bond donors (Lipinski definition) is 2. The van der Waals surface area contributed by atoms with Crippen LogP contribution >= 0.6 is 23.2 Å². The van der Waals surface area contributed by atoms with Crippen molar-refractivity contribution >= 4 is 41.2 Å². The lowest BCUT2D eigenvalue weighted by molar-refractivity contribution is -0.120. The monoisotopic (exact) mass is 487 g/mol. The fourth-order valence-corrected chi connectivity index (χ4v) is 3.09. The van der Waals surface area contributed by atoms with Crippen molar-refractivity contribution in [1.29, 1.82) is 0 Å². The van der Waals surface area contributed by atoms with E-state index in [1.54, 1.807) is 30.3 Å². The average Bonchev–Trinajstić information content (AvgIpc) is 2.81. The van der Waals surface area contributed by atoms with Gasteiger partial charge in [0.2, 0.25) is 5.91 Å². The van der Waals surface area contributed by atoms with Crippen LogP contribution in [0.3, 0.4) is 0 Å². The molecule has 3 aromatic rings. The van der Waals surface area contributed by atoms with Crippen molar-refractivity contribution in [3.63, 3.8) is 0 Å². The van der Waals surface area contributed by atoms with Crippen LogP contribution in [-0.2, 0) is 11.4 Å². The van der Waals surface area contributed by atoms with Gasteiger partial charge in [0, 0.05) is 18.5 Å². The molecule has 0 heterocycles. The first kappa shape index (κ1) is 24.2. The van der Waals surface area contributed by atoms with E-state index in [1.165, 1.54) is 24.4 Å². The van der Waals surface area contributed by atoms with Crippen LogP contribution in [0.5, 0.6) is 5.75 Å². The number of carbonyl (C=O) groups is 2. The molecule has 0 saturated carbocycles. The molecular weight excluding hydrogens is 468 g/mol. The van der Waals surface area contributed by atoms with Gasteiger partial charge in [-0.25, -0.2) is 9.82 Å². The van der Waals surface area contributed by atoms with E-state index in [0.717, 1.165) is 5.56 Å². The van der Waals surface area contributed by atoms with Crippen LogP contribution in [-0.4, -0.2) is 24.6 Å². The SMILES string of the molecule is O=C(CCNC(=O)c1ccccc1F)NN=Cc1ccccc1OCc1ccc(Cl)c(Cl)c1. The van der Waals surface area contributed by atoms with Gasteiger partial charge in [-0.15, -0.1) is 0 Å². The number of benzene rings is 3. The summed E-state index contributed by atoms with van der Waals surface area (Å²) in [5, 5.41) is 7.35. The molecule has 0 radical (unpaired) electrons. The van der Waals surface area contributed by atoms with E-state index in [4.69, 9.17) is 27.9 Å². The number of hydrazone groups is 1. The molecule has 0 fully saturated rings. The lowest BCUT2D eigenvalue weighted by atomic mass is 10.2. The summed E-state index contributed by atoms with van der Waals surface area (Å²) in [6.45, 7) is 0.313. The number of ether oxygens (including phenoxy) is 1. The molecular formula is C24H20Cl2FN3O3. The molecule has 170 valence electrons. The first-order valence-electron chi connectivity index (χ1n) is 9.94. The molecule has 2 N–H and O–H groups in total. The Morgan fingerprint density at radius 2 is 1.76 bits per heavy atom. The summed E-state index contributed by atoms with van der Waals surface area (Å²) in [6, 6.07) is 18.1. The molecule has 0 aliphatic rings. The van der Waals surface area contributed by atoms with Gasteiger partial charge in [0.25, 0.3) is 5.91 Å². The highest BCUT2D eigenvalue weighted by Crippen LogP contribution is 2.24. The zero-order valence-corrected chi connectivity index (χ0v) is 18.9. The van der Waals surface area contributed by atoms with E-state index in [1.807, 2.05) is 18.2 Å². The summed E-state index contributed by atoms with van der Waals surface area (Å²) >= 11 is 12.0. The van der Waals surface area contributed by atoms with Crippen LogP contribution in [0.2, 0.25) is 10.0 Å². The van der Waals surface area contributed by atoms with E-state index in [2.05, 4.69) is 15.8 Å². The number of amides is 2. The molecule has 0 bridgehead atoms. The van der Waals surface area contributed by atoms with Gasteiger partial charge in [0.15, 0.2) is 0 Å². The molecule has 0 atom stereocenters. The molecule has 2 amide bonds.